The highest BCUT2D eigenvalue weighted by Gasteiger charge is 2.29. The van der Waals surface area contributed by atoms with Crippen LogP contribution in [0, 0.1) is 13.8 Å². The molecule has 6 nitrogen and oxygen atoms in total. The zero-order chi connectivity index (χ0) is 16.3. The SMILES string of the molecule is Cc1ccc(C)c(C(=O)OCC(=O)N[C@H]2CCS(=O)(=O)C2)c1. The summed E-state index contributed by atoms with van der Waals surface area (Å²) in [5.74, 6) is -1.01. The second kappa shape index (κ2) is 6.48. The summed E-state index contributed by atoms with van der Waals surface area (Å²) in [7, 11) is -3.05. The summed E-state index contributed by atoms with van der Waals surface area (Å²) in [5, 5.41) is 2.57. The second-order valence-corrected chi connectivity index (χ2v) is 7.79. The number of amides is 1. The first-order valence-corrected chi connectivity index (χ1v) is 8.83. The van der Waals surface area contributed by atoms with Crippen LogP contribution in [0.15, 0.2) is 18.2 Å². The third kappa shape index (κ3) is 4.30. The van der Waals surface area contributed by atoms with Gasteiger partial charge in [-0.25, -0.2) is 13.2 Å². The minimum atomic E-state index is -3.05. The Morgan fingerprint density at radius 1 is 1.32 bits per heavy atom. The fourth-order valence-corrected chi connectivity index (χ4v) is 4.02. The van der Waals surface area contributed by atoms with Gasteiger partial charge < -0.3 is 10.1 Å². The summed E-state index contributed by atoms with van der Waals surface area (Å²) in [6.07, 6.45) is 0.402. The van der Waals surface area contributed by atoms with E-state index in [9.17, 15) is 18.0 Å². The number of benzene rings is 1. The lowest BCUT2D eigenvalue weighted by atomic mass is 10.1. The number of rotatable bonds is 4. The van der Waals surface area contributed by atoms with E-state index in [2.05, 4.69) is 5.32 Å². The van der Waals surface area contributed by atoms with E-state index in [1.54, 1.807) is 13.0 Å². The monoisotopic (exact) mass is 325 g/mol. The number of hydrogen-bond donors (Lipinski definition) is 1. The van der Waals surface area contributed by atoms with Crippen LogP contribution in [0.3, 0.4) is 0 Å². The highest BCUT2D eigenvalue weighted by Crippen LogP contribution is 2.13. The molecule has 0 radical (unpaired) electrons. The fourth-order valence-electron chi connectivity index (χ4n) is 2.34. The predicted molar refractivity (Wildman–Crippen MR) is 81.4 cm³/mol. The Morgan fingerprint density at radius 3 is 2.68 bits per heavy atom. The van der Waals surface area contributed by atoms with Crippen molar-refractivity contribution >= 4 is 21.7 Å². The zero-order valence-corrected chi connectivity index (χ0v) is 13.4. The van der Waals surface area contributed by atoms with E-state index in [0.29, 0.717) is 12.0 Å². The van der Waals surface area contributed by atoms with Gasteiger partial charge in [0.05, 0.1) is 17.1 Å². The Balaban J connectivity index is 1.86. The van der Waals surface area contributed by atoms with Gasteiger partial charge in [0, 0.05) is 6.04 Å². The molecule has 1 fully saturated rings. The van der Waals surface area contributed by atoms with E-state index >= 15 is 0 Å². The molecule has 1 atom stereocenters. The fraction of sp³-hybridized carbons (Fsp3) is 0.467. The molecule has 22 heavy (non-hydrogen) atoms. The highest BCUT2D eigenvalue weighted by atomic mass is 32.2. The number of hydrogen-bond acceptors (Lipinski definition) is 5. The highest BCUT2D eigenvalue weighted by molar-refractivity contribution is 7.91. The van der Waals surface area contributed by atoms with Gasteiger partial charge in [0.15, 0.2) is 16.4 Å². The number of esters is 1. The smallest absolute Gasteiger partial charge is 0.338 e. The second-order valence-electron chi connectivity index (χ2n) is 5.56. The van der Waals surface area contributed by atoms with Crippen molar-refractivity contribution in [3.63, 3.8) is 0 Å². The number of carbonyl (C=O) groups excluding carboxylic acids is 2. The van der Waals surface area contributed by atoms with Crippen molar-refractivity contribution in [2.75, 3.05) is 18.1 Å². The van der Waals surface area contributed by atoms with Crippen molar-refractivity contribution in [3.8, 4) is 0 Å². The molecule has 1 aliphatic rings. The average Bonchev–Trinajstić information content (AvgIpc) is 2.78. The maximum Gasteiger partial charge on any atom is 0.338 e. The summed E-state index contributed by atoms with van der Waals surface area (Å²) in [5.41, 5.74) is 2.13. The first-order valence-electron chi connectivity index (χ1n) is 7.01. The maximum absolute atomic E-state index is 12.0. The van der Waals surface area contributed by atoms with E-state index in [-0.39, 0.29) is 11.5 Å². The largest absolute Gasteiger partial charge is 0.452 e. The molecule has 120 valence electrons. The van der Waals surface area contributed by atoms with E-state index in [0.717, 1.165) is 11.1 Å². The minimum absolute atomic E-state index is 0.0519. The molecule has 0 bridgehead atoms. The van der Waals surface area contributed by atoms with Crippen LogP contribution in [-0.4, -0.2) is 44.4 Å². The summed E-state index contributed by atoms with van der Waals surface area (Å²) in [4.78, 5) is 23.7. The molecule has 1 aromatic carbocycles. The topological polar surface area (TPSA) is 89.5 Å². The molecule has 0 saturated carbocycles. The van der Waals surface area contributed by atoms with Crippen LogP contribution in [0.4, 0.5) is 0 Å². The van der Waals surface area contributed by atoms with Crippen LogP contribution in [0.25, 0.3) is 0 Å². The van der Waals surface area contributed by atoms with Gasteiger partial charge in [-0.15, -0.1) is 0 Å². The van der Waals surface area contributed by atoms with Crippen molar-refractivity contribution in [1.29, 1.82) is 0 Å². The van der Waals surface area contributed by atoms with Crippen molar-refractivity contribution in [2.45, 2.75) is 26.3 Å². The van der Waals surface area contributed by atoms with Crippen LogP contribution >= 0.6 is 0 Å². The molecule has 7 heteroatoms. The van der Waals surface area contributed by atoms with Crippen LogP contribution in [-0.2, 0) is 19.4 Å². The zero-order valence-electron chi connectivity index (χ0n) is 12.6. The minimum Gasteiger partial charge on any atom is -0.452 e. The lowest BCUT2D eigenvalue weighted by molar-refractivity contribution is -0.124. The lowest BCUT2D eigenvalue weighted by Gasteiger charge is -2.11. The normalized spacial score (nSPS) is 19.6. The summed E-state index contributed by atoms with van der Waals surface area (Å²) in [6, 6.07) is 5.02. The molecule has 1 heterocycles. The van der Waals surface area contributed by atoms with Gasteiger partial charge in [0.25, 0.3) is 5.91 Å². The number of aryl methyl sites for hydroxylation is 2. The Bertz CT molecular complexity index is 696. The Hall–Kier alpha value is -1.89. The van der Waals surface area contributed by atoms with Gasteiger partial charge in [-0.2, -0.15) is 0 Å². The standard InChI is InChI=1S/C15H19NO5S/c1-10-3-4-11(2)13(7-10)15(18)21-8-14(17)16-12-5-6-22(19,20)9-12/h3-4,7,12H,5-6,8-9H2,1-2H3,(H,16,17)/t12-/m0/s1. The quantitative estimate of drug-likeness (QED) is 0.826. The Morgan fingerprint density at radius 2 is 2.05 bits per heavy atom. The molecule has 1 saturated heterocycles. The predicted octanol–water partition coefficient (Wildman–Crippen LogP) is 0.764. The molecule has 1 aromatic rings. The number of carbonyl (C=O) groups is 2. The van der Waals surface area contributed by atoms with Crippen LogP contribution in [0.2, 0.25) is 0 Å². The molecule has 0 aromatic heterocycles. The third-order valence-electron chi connectivity index (χ3n) is 3.54. The van der Waals surface area contributed by atoms with Crippen molar-refractivity contribution in [2.24, 2.45) is 0 Å². The molecule has 1 amide bonds. The van der Waals surface area contributed by atoms with Gasteiger partial charge >= 0.3 is 5.97 Å². The average molecular weight is 325 g/mol. The first-order chi connectivity index (χ1) is 10.3. The van der Waals surface area contributed by atoms with Crippen LogP contribution < -0.4 is 5.32 Å². The number of nitrogens with one attached hydrogen (secondary N) is 1. The molecule has 1 N–H and O–H groups in total. The van der Waals surface area contributed by atoms with Gasteiger partial charge in [-0.1, -0.05) is 17.7 Å². The van der Waals surface area contributed by atoms with Crippen LogP contribution in [0.1, 0.15) is 27.9 Å². The van der Waals surface area contributed by atoms with E-state index in [1.165, 1.54) is 0 Å². The lowest BCUT2D eigenvalue weighted by Crippen LogP contribution is -2.38. The van der Waals surface area contributed by atoms with Crippen LogP contribution in [0.5, 0.6) is 0 Å². The number of ether oxygens (including phenoxy) is 1. The Kier molecular flexibility index (Phi) is 4.85. The molecule has 0 spiro atoms. The van der Waals surface area contributed by atoms with Gasteiger partial charge in [-0.05, 0) is 31.9 Å². The number of sulfone groups is 1. The van der Waals surface area contributed by atoms with E-state index in [1.807, 2.05) is 19.1 Å². The van der Waals surface area contributed by atoms with E-state index < -0.39 is 34.4 Å². The van der Waals surface area contributed by atoms with Crippen molar-refractivity contribution in [3.05, 3.63) is 34.9 Å². The van der Waals surface area contributed by atoms with Gasteiger partial charge in [0.2, 0.25) is 0 Å². The van der Waals surface area contributed by atoms with E-state index in [4.69, 9.17) is 4.74 Å². The van der Waals surface area contributed by atoms with Gasteiger partial charge in [-0.3, -0.25) is 4.79 Å². The summed E-state index contributed by atoms with van der Waals surface area (Å²) >= 11 is 0. The molecule has 0 aliphatic carbocycles. The van der Waals surface area contributed by atoms with Gasteiger partial charge in [0.1, 0.15) is 0 Å². The first kappa shape index (κ1) is 16.5. The molecule has 0 unspecified atom stereocenters. The van der Waals surface area contributed by atoms with Crippen molar-refractivity contribution in [1.82, 2.24) is 5.32 Å². The molecule has 1 aliphatic heterocycles. The molecular formula is C15H19NO5S. The summed E-state index contributed by atoms with van der Waals surface area (Å²) < 4.78 is 27.6. The van der Waals surface area contributed by atoms with Crippen molar-refractivity contribution < 1.29 is 22.7 Å². The molecular weight excluding hydrogens is 306 g/mol. The maximum atomic E-state index is 12.0. The third-order valence-corrected chi connectivity index (χ3v) is 5.31. The molecule has 2 rings (SSSR count). The Labute approximate surface area is 129 Å². The summed E-state index contributed by atoms with van der Waals surface area (Å²) in [6.45, 7) is 3.24.